The van der Waals surface area contributed by atoms with Crippen LogP contribution in [0.4, 0.5) is 5.69 Å². The van der Waals surface area contributed by atoms with Gasteiger partial charge in [-0.3, -0.25) is 4.72 Å². The lowest BCUT2D eigenvalue weighted by Gasteiger charge is -2.10. The van der Waals surface area contributed by atoms with Crippen molar-refractivity contribution in [2.45, 2.75) is 11.8 Å². The SMILES string of the molecule is Cc1ccc(S(=O)(=O)Nc2ccc(Cl)cc2)c(Cl)c1. The van der Waals surface area contributed by atoms with E-state index in [1.54, 1.807) is 36.4 Å². The minimum Gasteiger partial charge on any atom is -0.280 e. The molecule has 0 heterocycles. The minimum absolute atomic E-state index is 0.0507. The van der Waals surface area contributed by atoms with E-state index in [0.717, 1.165) is 5.56 Å². The third-order valence-electron chi connectivity index (χ3n) is 2.47. The summed E-state index contributed by atoms with van der Waals surface area (Å²) in [6.07, 6.45) is 0. The standard InChI is InChI=1S/C13H11Cl2NO2S/c1-9-2-7-13(12(15)8-9)19(17,18)16-11-5-3-10(14)4-6-11/h2-8,16H,1H3. The normalized spacial score (nSPS) is 11.3. The van der Waals surface area contributed by atoms with Crippen molar-refractivity contribution in [3.63, 3.8) is 0 Å². The zero-order chi connectivity index (χ0) is 14.0. The van der Waals surface area contributed by atoms with Crippen molar-refractivity contribution in [2.24, 2.45) is 0 Å². The summed E-state index contributed by atoms with van der Waals surface area (Å²) in [5, 5.41) is 0.734. The maximum Gasteiger partial charge on any atom is 0.263 e. The van der Waals surface area contributed by atoms with Crippen molar-refractivity contribution in [3.8, 4) is 0 Å². The first-order chi connectivity index (χ1) is 8.88. The third kappa shape index (κ3) is 3.41. The molecule has 2 aromatic carbocycles. The minimum atomic E-state index is -3.70. The number of benzene rings is 2. The molecule has 0 saturated carbocycles. The highest BCUT2D eigenvalue weighted by Gasteiger charge is 2.17. The first-order valence-corrected chi connectivity index (χ1v) is 7.67. The zero-order valence-electron chi connectivity index (χ0n) is 10.0. The molecule has 2 aromatic rings. The van der Waals surface area contributed by atoms with Crippen LogP contribution in [0.15, 0.2) is 47.4 Å². The fourth-order valence-electron chi connectivity index (χ4n) is 1.55. The Balaban J connectivity index is 2.35. The van der Waals surface area contributed by atoms with Crippen LogP contribution in [-0.2, 0) is 10.0 Å². The molecule has 19 heavy (non-hydrogen) atoms. The van der Waals surface area contributed by atoms with Crippen LogP contribution in [0.1, 0.15) is 5.56 Å². The number of nitrogens with one attached hydrogen (secondary N) is 1. The van der Waals surface area contributed by atoms with Gasteiger partial charge < -0.3 is 0 Å². The van der Waals surface area contributed by atoms with Crippen LogP contribution in [0.2, 0.25) is 10.0 Å². The van der Waals surface area contributed by atoms with Crippen molar-refractivity contribution in [1.29, 1.82) is 0 Å². The first kappa shape index (κ1) is 14.2. The van der Waals surface area contributed by atoms with Gasteiger partial charge in [-0.2, -0.15) is 0 Å². The van der Waals surface area contributed by atoms with Crippen LogP contribution in [0, 0.1) is 6.92 Å². The lowest BCUT2D eigenvalue weighted by atomic mass is 10.2. The van der Waals surface area contributed by atoms with Gasteiger partial charge in [0.05, 0.1) is 5.02 Å². The Morgan fingerprint density at radius 1 is 1.00 bits per heavy atom. The van der Waals surface area contributed by atoms with Crippen LogP contribution < -0.4 is 4.72 Å². The molecule has 0 aliphatic carbocycles. The smallest absolute Gasteiger partial charge is 0.263 e. The van der Waals surface area contributed by atoms with Crippen molar-refractivity contribution in [3.05, 3.63) is 58.1 Å². The first-order valence-electron chi connectivity index (χ1n) is 5.43. The Bertz CT molecular complexity index is 697. The van der Waals surface area contributed by atoms with E-state index in [0.29, 0.717) is 10.7 Å². The highest BCUT2D eigenvalue weighted by Crippen LogP contribution is 2.25. The number of hydrogen-bond acceptors (Lipinski definition) is 2. The summed E-state index contributed by atoms with van der Waals surface area (Å²) >= 11 is 11.7. The molecular formula is C13H11Cl2NO2S. The lowest BCUT2D eigenvalue weighted by molar-refractivity contribution is 0.601. The van der Waals surface area contributed by atoms with E-state index in [1.165, 1.54) is 6.07 Å². The largest absolute Gasteiger partial charge is 0.280 e. The predicted octanol–water partition coefficient (Wildman–Crippen LogP) is 4.10. The fourth-order valence-corrected chi connectivity index (χ4v) is 3.34. The van der Waals surface area contributed by atoms with Crippen LogP contribution in [0.5, 0.6) is 0 Å². The number of sulfonamides is 1. The molecule has 0 amide bonds. The summed E-state index contributed by atoms with van der Waals surface area (Å²) in [6.45, 7) is 1.84. The van der Waals surface area contributed by atoms with Gasteiger partial charge in [0, 0.05) is 10.7 Å². The summed E-state index contributed by atoms with van der Waals surface area (Å²) in [7, 11) is -3.70. The molecule has 0 radical (unpaired) electrons. The average molecular weight is 316 g/mol. The molecule has 0 unspecified atom stereocenters. The molecule has 0 aliphatic rings. The Morgan fingerprint density at radius 3 is 2.21 bits per heavy atom. The molecule has 2 rings (SSSR count). The quantitative estimate of drug-likeness (QED) is 0.926. The van der Waals surface area contributed by atoms with E-state index < -0.39 is 10.0 Å². The second-order valence-corrected chi connectivity index (χ2v) is 6.54. The highest BCUT2D eigenvalue weighted by atomic mass is 35.5. The molecule has 3 nitrogen and oxygen atoms in total. The van der Waals surface area contributed by atoms with Gasteiger partial charge >= 0.3 is 0 Å². The van der Waals surface area contributed by atoms with Gasteiger partial charge in [0.1, 0.15) is 4.90 Å². The molecular weight excluding hydrogens is 305 g/mol. The van der Waals surface area contributed by atoms with E-state index in [-0.39, 0.29) is 9.92 Å². The molecule has 100 valence electrons. The second-order valence-electron chi connectivity index (χ2n) is 4.05. The Labute approximate surface area is 122 Å². The lowest BCUT2D eigenvalue weighted by Crippen LogP contribution is -2.13. The van der Waals surface area contributed by atoms with E-state index in [1.807, 2.05) is 6.92 Å². The summed E-state index contributed by atoms with van der Waals surface area (Å²) in [5.74, 6) is 0. The van der Waals surface area contributed by atoms with Gasteiger partial charge in [-0.1, -0.05) is 29.3 Å². The maximum absolute atomic E-state index is 12.2. The molecule has 0 aromatic heterocycles. The van der Waals surface area contributed by atoms with Crippen molar-refractivity contribution < 1.29 is 8.42 Å². The molecule has 0 fully saturated rings. The summed E-state index contributed by atoms with van der Waals surface area (Å²) < 4.78 is 26.8. The molecule has 0 bridgehead atoms. The van der Waals surface area contributed by atoms with Crippen LogP contribution in [0.3, 0.4) is 0 Å². The molecule has 0 atom stereocenters. The molecule has 0 saturated heterocycles. The summed E-state index contributed by atoms with van der Waals surface area (Å²) in [4.78, 5) is 0.0507. The number of halogens is 2. The number of aryl methyl sites for hydroxylation is 1. The summed E-state index contributed by atoms with van der Waals surface area (Å²) in [6, 6.07) is 11.2. The number of rotatable bonds is 3. The van der Waals surface area contributed by atoms with E-state index >= 15 is 0 Å². The highest BCUT2D eigenvalue weighted by molar-refractivity contribution is 7.92. The van der Waals surface area contributed by atoms with Crippen LogP contribution in [0.25, 0.3) is 0 Å². The van der Waals surface area contributed by atoms with Gasteiger partial charge in [0.15, 0.2) is 0 Å². The third-order valence-corrected chi connectivity index (χ3v) is 4.59. The monoisotopic (exact) mass is 315 g/mol. The Kier molecular flexibility index (Phi) is 4.04. The maximum atomic E-state index is 12.2. The van der Waals surface area contributed by atoms with Gasteiger partial charge in [-0.25, -0.2) is 8.42 Å². The van der Waals surface area contributed by atoms with E-state index in [2.05, 4.69) is 4.72 Å². The molecule has 0 spiro atoms. The van der Waals surface area contributed by atoms with Crippen molar-refractivity contribution in [2.75, 3.05) is 4.72 Å². The topological polar surface area (TPSA) is 46.2 Å². The summed E-state index contributed by atoms with van der Waals surface area (Å²) in [5.41, 5.74) is 1.33. The van der Waals surface area contributed by atoms with Gasteiger partial charge in [-0.05, 0) is 48.9 Å². The Hall–Kier alpha value is -1.23. The van der Waals surface area contributed by atoms with Crippen molar-refractivity contribution >= 4 is 38.9 Å². The van der Waals surface area contributed by atoms with Gasteiger partial charge in [0.25, 0.3) is 10.0 Å². The van der Waals surface area contributed by atoms with E-state index in [9.17, 15) is 8.42 Å². The van der Waals surface area contributed by atoms with Gasteiger partial charge in [0.2, 0.25) is 0 Å². The number of anilines is 1. The van der Waals surface area contributed by atoms with E-state index in [4.69, 9.17) is 23.2 Å². The molecule has 6 heteroatoms. The molecule has 1 N–H and O–H groups in total. The Morgan fingerprint density at radius 2 is 1.63 bits per heavy atom. The zero-order valence-corrected chi connectivity index (χ0v) is 12.4. The average Bonchev–Trinajstić information content (AvgIpc) is 2.31. The van der Waals surface area contributed by atoms with Gasteiger partial charge in [-0.15, -0.1) is 0 Å². The van der Waals surface area contributed by atoms with Crippen molar-refractivity contribution in [1.82, 2.24) is 0 Å². The predicted molar refractivity (Wildman–Crippen MR) is 78.4 cm³/mol. The van der Waals surface area contributed by atoms with Crippen LogP contribution in [-0.4, -0.2) is 8.42 Å². The fraction of sp³-hybridized carbons (Fsp3) is 0.0769. The molecule has 0 aliphatic heterocycles. The van der Waals surface area contributed by atoms with Crippen LogP contribution >= 0.6 is 23.2 Å². The second kappa shape index (κ2) is 5.41. The number of hydrogen-bond donors (Lipinski definition) is 1.